The molecular formula is C24H32N6O5S. The minimum Gasteiger partial charge on any atom is -0.475 e. The van der Waals surface area contributed by atoms with Gasteiger partial charge in [0.05, 0.1) is 17.9 Å². The van der Waals surface area contributed by atoms with E-state index in [0.29, 0.717) is 47.5 Å². The van der Waals surface area contributed by atoms with E-state index in [1.807, 2.05) is 20.8 Å². The summed E-state index contributed by atoms with van der Waals surface area (Å²) >= 11 is 0. The van der Waals surface area contributed by atoms with Crippen LogP contribution in [0.25, 0.3) is 11.3 Å². The summed E-state index contributed by atoms with van der Waals surface area (Å²) in [7, 11) is -1.83. The van der Waals surface area contributed by atoms with Crippen LogP contribution in [0.2, 0.25) is 0 Å². The molecular weight excluding hydrogens is 484 g/mol. The number of primary amides is 1. The minimum absolute atomic E-state index is 0.0419. The van der Waals surface area contributed by atoms with Gasteiger partial charge in [0, 0.05) is 36.3 Å². The number of aromatic nitrogens is 3. The van der Waals surface area contributed by atoms with Gasteiger partial charge in [-0.05, 0) is 45.9 Å². The molecule has 0 saturated heterocycles. The van der Waals surface area contributed by atoms with Crippen LogP contribution in [0.15, 0.2) is 42.6 Å². The lowest BCUT2D eigenvalue weighted by atomic mass is 10.1. The lowest BCUT2D eigenvalue weighted by Crippen LogP contribution is -2.25. The summed E-state index contributed by atoms with van der Waals surface area (Å²) in [5.74, 6) is 0.101. The molecule has 2 heterocycles. The molecule has 194 valence electrons. The quantitative estimate of drug-likeness (QED) is 0.328. The molecule has 0 saturated carbocycles. The van der Waals surface area contributed by atoms with Crippen LogP contribution in [0.5, 0.6) is 5.88 Å². The van der Waals surface area contributed by atoms with Gasteiger partial charge < -0.3 is 20.5 Å². The average Bonchev–Trinajstić information content (AvgIpc) is 3.20. The van der Waals surface area contributed by atoms with E-state index < -0.39 is 21.5 Å². The smallest absolute Gasteiger partial charge is 0.254 e. The number of rotatable bonds is 11. The van der Waals surface area contributed by atoms with Gasteiger partial charge in [0.2, 0.25) is 15.9 Å². The van der Waals surface area contributed by atoms with Crippen molar-refractivity contribution in [1.29, 1.82) is 0 Å². The number of nitrogens with two attached hydrogens (primary N) is 1. The number of nitrogens with zero attached hydrogens (tertiary/aromatic N) is 3. The zero-order valence-electron chi connectivity index (χ0n) is 21.0. The Bertz CT molecular complexity index is 1310. The Kier molecular flexibility index (Phi) is 8.21. The number of pyridine rings is 1. The first-order valence-electron chi connectivity index (χ1n) is 11.3. The molecule has 2 aromatic heterocycles. The highest BCUT2D eigenvalue weighted by Gasteiger charge is 2.29. The highest BCUT2D eigenvalue weighted by atomic mass is 32.2. The fourth-order valence-corrected chi connectivity index (χ4v) is 3.97. The summed E-state index contributed by atoms with van der Waals surface area (Å²) in [6, 6.07) is 10.0. The van der Waals surface area contributed by atoms with E-state index >= 15 is 0 Å². The third-order valence-corrected chi connectivity index (χ3v) is 6.42. The summed E-state index contributed by atoms with van der Waals surface area (Å²) in [6.45, 7) is 8.18. The first-order valence-corrected chi connectivity index (χ1v) is 13.0. The van der Waals surface area contributed by atoms with Gasteiger partial charge in [-0.15, -0.1) is 0 Å². The molecule has 0 spiro atoms. The molecule has 3 rings (SSSR count). The highest BCUT2D eigenvalue weighted by molar-refractivity contribution is 7.92. The Hall–Kier alpha value is -3.64. The molecule has 1 amide bonds. The molecule has 0 aliphatic heterocycles. The average molecular weight is 517 g/mol. The number of hydrogen-bond acceptors (Lipinski definition) is 8. The zero-order valence-corrected chi connectivity index (χ0v) is 21.8. The molecule has 3 aromatic rings. The van der Waals surface area contributed by atoms with Gasteiger partial charge in [0.15, 0.2) is 0 Å². The number of carbonyl (C=O) groups excluding carboxylic acids is 1. The lowest BCUT2D eigenvalue weighted by molar-refractivity contribution is 0.100. The summed E-state index contributed by atoms with van der Waals surface area (Å²) in [5, 5.41) is 7.98. The van der Waals surface area contributed by atoms with E-state index in [9.17, 15) is 13.2 Å². The van der Waals surface area contributed by atoms with Gasteiger partial charge in [-0.25, -0.2) is 18.1 Å². The Morgan fingerprint density at radius 2 is 1.81 bits per heavy atom. The molecule has 4 N–H and O–H groups in total. The van der Waals surface area contributed by atoms with Crippen molar-refractivity contribution in [3.8, 4) is 17.1 Å². The zero-order chi connectivity index (χ0) is 26.5. The number of anilines is 3. The van der Waals surface area contributed by atoms with Gasteiger partial charge in [0.1, 0.15) is 23.7 Å². The van der Waals surface area contributed by atoms with E-state index in [2.05, 4.69) is 15.0 Å². The van der Waals surface area contributed by atoms with Crippen LogP contribution in [-0.2, 0) is 20.3 Å². The second-order valence-electron chi connectivity index (χ2n) is 8.95. The van der Waals surface area contributed by atoms with E-state index in [4.69, 9.17) is 20.3 Å². The number of carbonyl (C=O) groups is 1. The molecule has 0 radical (unpaired) electrons. The normalized spacial score (nSPS) is 11.8. The maximum Gasteiger partial charge on any atom is 0.254 e. The van der Waals surface area contributed by atoms with Crippen molar-refractivity contribution < 1.29 is 22.7 Å². The van der Waals surface area contributed by atoms with Gasteiger partial charge in [-0.2, -0.15) is 5.10 Å². The largest absolute Gasteiger partial charge is 0.475 e. The van der Waals surface area contributed by atoms with Crippen LogP contribution < -0.4 is 20.5 Å². The summed E-state index contributed by atoms with van der Waals surface area (Å²) in [6.07, 6.45) is 1.59. The predicted molar refractivity (Wildman–Crippen MR) is 139 cm³/mol. The molecule has 0 aliphatic rings. The van der Waals surface area contributed by atoms with E-state index in [0.717, 1.165) is 0 Å². The third kappa shape index (κ3) is 6.52. The van der Waals surface area contributed by atoms with Crippen molar-refractivity contribution >= 4 is 33.1 Å². The van der Waals surface area contributed by atoms with Crippen molar-refractivity contribution in [2.45, 2.75) is 33.2 Å². The second kappa shape index (κ2) is 11.0. The number of nitrogens with one attached hydrogen (secondary N) is 2. The first-order chi connectivity index (χ1) is 16.9. The lowest BCUT2D eigenvalue weighted by Gasteiger charge is -2.23. The van der Waals surface area contributed by atoms with Crippen molar-refractivity contribution in [2.75, 3.05) is 36.1 Å². The van der Waals surface area contributed by atoms with Gasteiger partial charge in [0.25, 0.3) is 5.91 Å². The standard InChI is InChI=1S/C24H32N6O5S/c1-6-36(32,33)29-17-9-7-16(8-10-17)21-20(22(25)31)23(30(28-21)24(2,3)4)27-18-11-12-26-19(15-18)35-14-13-34-5/h7-12,15,29H,6,13-14H2,1-5H3,(H2,25,31)(H,26,27). The van der Waals surface area contributed by atoms with Gasteiger partial charge in [-0.1, -0.05) is 12.1 Å². The van der Waals surface area contributed by atoms with Crippen LogP contribution in [0.4, 0.5) is 17.2 Å². The summed E-state index contributed by atoms with van der Waals surface area (Å²) < 4.78 is 38.5. The highest BCUT2D eigenvalue weighted by Crippen LogP contribution is 2.35. The van der Waals surface area contributed by atoms with Gasteiger partial charge >= 0.3 is 0 Å². The van der Waals surface area contributed by atoms with Crippen LogP contribution in [0, 0.1) is 0 Å². The maximum absolute atomic E-state index is 12.7. The van der Waals surface area contributed by atoms with Crippen molar-refractivity contribution in [2.24, 2.45) is 5.73 Å². The van der Waals surface area contributed by atoms with Crippen LogP contribution in [0.1, 0.15) is 38.1 Å². The Balaban J connectivity index is 2.04. The van der Waals surface area contributed by atoms with Gasteiger partial charge in [-0.3, -0.25) is 9.52 Å². The van der Waals surface area contributed by atoms with E-state index in [1.54, 1.807) is 61.3 Å². The van der Waals surface area contributed by atoms with E-state index in [1.165, 1.54) is 0 Å². The molecule has 0 atom stereocenters. The molecule has 0 unspecified atom stereocenters. The van der Waals surface area contributed by atoms with Crippen LogP contribution >= 0.6 is 0 Å². The number of sulfonamides is 1. The number of methoxy groups -OCH3 is 1. The molecule has 12 heteroatoms. The van der Waals surface area contributed by atoms with Crippen LogP contribution in [0.3, 0.4) is 0 Å². The SMILES string of the molecule is CCS(=O)(=O)Nc1ccc(-c2nn(C(C)(C)C)c(Nc3ccnc(OCCOC)c3)c2C(N)=O)cc1. The monoisotopic (exact) mass is 516 g/mol. The van der Waals surface area contributed by atoms with E-state index in [-0.39, 0.29) is 11.3 Å². The predicted octanol–water partition coefficient (Wildman–Crippen LogP) is 3.33. The van der Waals surface area contributed by atoms with Crippen molar-refractivity contribution in [3.05, 3.63) is 48.2 Å². The summed E-state index contributed by atoms with van der Waals surface area (Å²) in [5.41, 5.74) is 7.53. The fraction of sp³-hybridized carbons (Fsp3) is 0.375. The Morgan fingerprint density at radius 3 is 2.39 bits per heavy atom. The third-order valence-electron chi connectivity index (χ3n) is 5.11. The topological polar surface area (TPSA) is 150 Å². The first kappa shape index (κ1) is 27.0. The molecule has 11 nitrogen and oxygen atoms in total. The molecule has 1 aromatic carbocycles. The Morgan fingerprint density at radius 1 is 1.11 bits per heavy atom. The Labute approximate surface area is 211 Å². The maximum atomic E-state index is 12.7. The van der Waals surface area contributed by atoms with Crippen molar-refractivity contribution in [3.63, 3.8) is 0 Å². The molecule has 0 aliphatic carbocycles. The van der Waals surface area contributed by atoms with Crippen LogP contribution in [-0.4, -0.2) is 55.2 Å². The summed E-state index contributed by atoms with van der Waals surface area (Å²) in [4.78, 5) is 16.9. The fourth-order valence-electron chi connectivity index (χ4n) is 3.33. The van der Waals surface area contributed by atoms with Crippen molar-refractivity contribution in [1.82, 2.24) is 14.8 Å². The molecule has 0 bridgehead atoms. The number of hydrogen-bond donors (Lipinski definition) is 3. The molecule has 36 heavy (non-hydrogen) atoms. The molecule has 0 fully saturated rings. The minimum atomic E-state index is -3.42. The number of amides is 1. The number of benzene rings is 1. The number of ether oxygens (including phenoxy) is 2. The second-order valence-corrected chi connectivity index (χ2v) is 11.0.